The third-order valence-corrected chi connectivity index (χ3v) is 4.42. The molecule has 0 heterocycles. The van der Waals surface area contributed by atoms with E-state index in [0.717, 1.165) is 27.5 Å². The van der Waals surface area contributed by atoms with Crippen molar-refractivity contribution < 1.29 is 14.3 Å². The first kappa shape index (κ1) is 18.5. The maximum absolute atomic E-state index is 12.2. The monoisotopic (exact) mass is 362 g/mol. The summed E-state index contributed by atoms with van der Waals surface area (Å²) >= 11 is 0. The molecule has 0 bridgehead atoms. The summed E-state index contributed by atoms with van der Waals surface area (Å²) in [6.07, 6.45) is 0.180. The lowest BCUT2D eigenvalue weighted by Gasteiger charge is -2.11. The number of hydrogen-bond donors (Lipinski definition) is 2. The first-order chi connectivity index (χ1) is 13.0. The largest absolute Gasteiger partial charge is 0.484 e. The van der Waals surface area contributed by atoms with Gasteiger partial charge in [0.25, 0.3) is 5.91 Å². The second-order valence-electron chi connectivity index (χ2n) is 6.45. The van der Waals surface area contributed by atoms with E-state index < -0.39 is 5.91 Å². The Labute approximate surface area is 158 Å². The van der Waals surface area contributed by atoms with E-state index in [4.69, 9.17) is 4.74 Å². The van der Waals surface area contributed by atoms with Gasteiger partial charge in [0.05, 0.1) is 6.42 Å². The van der Waals surface area contributed by atoms with E-state index in [9.17, 15) is 9.59 Å². The van der Waals surface area contributed by atoms with Gasteiger partial charge in [0.15, 0.2) is 6.61 Å². The molecule has 0 atom stereocenters. The molecule has 0 aliphatic heterocycles. The van der Waals surface area contributed by atoms with Crippen molar-refractivity contribution in [1.82, 2.24) is 10.9 Å². The quantitative estimate of drug-likeness (QED) is 0.685. The molecule has 0 saturated heterocycles. The zero-order chi connectivity index (χ0) is 19.2. The number of ether oxygens (including phenoxy) is 1. The highest BCUT2D eigenvalue weighted by molar-refractivity contribution is 5.91. The van der Waals surface area contributed by atoms with E-state index in [0.29, 0.717) is 5.75 Å². The lowest BCUT2D eigenvalue weighted by Crippen LogP contribution is -2.44. The SMILES string of the molecule is Cc1ccc(OCC(=O)NNC(=O)Cc2cccc3ccccc23)cc1C. The van der Waals surface area contributed by atoms with Gasteiger partial charge >= 0.3 is 0 Å². The highest BCUT2D eigenvalue weighted by atomic mass is 16.5. The minimum atomic E-state index is -0.417. The molecule has 0 spiro atoms. The molecule has 3 rings (SSSR count). The van der Waals surface area contributed by atoms with Crippen LogP contribution in [0, 0.1) is 13.8 Å². The summed E-state index contributed by atoms with van der Waals surface area (Å²) in [6.45, 7) is 3.82. The molecule has 3 aromatic carbocycles. The van der Waals surface area contributed by atoms with Crippen LogP contribution in [-0.4, -0.2) is 18.4 Å². The van der Waals surface area contributed by atoms with Crippen molar-refractivity contribution in [2.45, 2.75) is 20.3 Å². The first-order valence-corrected chi connectivity index (χ1v) is 8.77. The number of fused-ring (bicyclic) bond motifs is 1. The molecule has 0 saturated carbocycles. The molecule has 0 unspecified atom stereocenters. The molecular weight excluding hydrogens is 340 g/mol. The molecule has 0 aliphatic carbocycles. The molecule has 0 fully saturated rings. The lowest BCUT2D eigenvalue weighted by molar-refractivity contribution is -0.129. The molecule has 0 radical (unpaired) electrons. The maximum atomic E-state index is 12.2. The zero-order valence-corrected chi connectivity index (χ0v) is 15.4. The van der Waals surface area contributed by atoms with Gasteiger partial charge < -0.3 is 4.74 Å². The van der Waals surface area contributed by atoms with Crippen molar-refractivity contribution in [3.8, 4) is 5.75 Å². The van der Waals surface area contributed by atoms with Gasteiger partial charge in [0, 0.05) is 0 Å². The lowest BCUT2D eigenvalue weighted by atomic mass is 10.0. The van der Waals surface area contributed by atoms with Crippen molar-refractivity contribution in [1.29, 1.82) is 0 Å². The first-order valence-electron chi connectivity index (χ1n) is 8.77. The van der Waals surface area contributed by atoms with Gasteiger partial charge in [-0.15, -0.1) is 0 Å². The predicted molar refractivity (Wildman–Crippen MR) is 105 cm³/mol. The summed E-state index contributed by atoms with van der Waals surface area (Å²) in [7, 11) is 0. The average molecular weight is 362 g/mol. The van der Waals surface area contributed by atoms with Crippen LogP contribution in [0.3, 0.4) is 0 Å². The summed E-state index contributed by atoms with van der Waals surface area (Å²) in [5, 5.41) is 2.10. The number of hydrazine groups is 1. The zero-order valence-electron chi connectivity index (χ0n) is 15.4. The van der Waals surface area contributed by atoms with Crippen LogP contribution in [0.5, 0.6) is 5.75 Å². The number of amides is 2. The molecule has 5 nitrogen and oxygen atoms in total. The van der Waals surface area contributed by atoms with Crippen LogP contribution in [0.4, 0.5) is 0 Å². The third kappa shape index (κ3) is 4.85. The van der Waals surface area contributed by atoms with E-state index >= 15 is 0 Å². The van der Waals surface area contributed by atoms with E-state index in [2.05, 4.69) is 10.9 Å². The van der Waals surface area contributed by atoms with E-state index in [1.165, 1.54) is 0 Å². The van der Waals surface area contributed by atoms with Crippen molar-refractivity contribution in [2.24, 2.45) is 0 Å². The summed E-state index contributed by atoms with van der Waals surface area (Å²) in [6, 6.07) is 19.3. The fourth-order valence-corrected chi connectivity index (χ4v) is 2.79. The summed E-state index contributed by atoms with van der Waals surface area (Å²) < 4.78 is 5.45. The third-order valence-electron chi connectivity index (χ3n) is 4.42. The van der Waals surface area contributed by atoms with E-state index in [1.807, 2.05) is 74.5 Å². The summed E-state index contributed by atoms with van der Waals surface area (Å²) in [5.41, 5.74) is 7.98. The molecule has 3 aromatic rings. The van der Waals surface area contributed by atoms with Crippen molar-refractivity contribution >= 4 is 22.6 Å². The maximum Gasteiger partial charge on any atom is 0.276 e. The van der Waals surface area contributed by atoms with Crippen molar-refractivity contribution in [3.05, 3.63) is 77.4 Å². The molecule has 0 aliphatic rings. The molecule has 0 aromatic heterocycles. The Hall–Kier alpha value is -3.34. The summed E-state index contributed by atoms with van der Waals surface area (Å²) in [5.74, 6) is -0.0827. The fraction of sp³-hybridized carbons (Fsp3) is 0.182. The number of aryl methyl sites for hydroxylation is 2. The number of rotatable bonds is 5. The Morgan fingerprint density at radius 2 is 1.59 bits per heavy atom. The Kier molecular flexibility index (Phi) is 5.71. The van der Waals surface area contributed by atoms with Gasteiger partial charge in [-0.1, -0.05) is 48.5 Å². The van der Waals surface area contributed by atoms with Gasteiger partial charge in [-0.3, -0.25) is 20.4 Å². The van der Waals surface area contributed by atoms with Crippen molar-refractivity contribution in [3.63, 3.8) is 0 Å². The van der Waals surface area contributed by atoms with Crippen LogP contribution in [0.2, 0.25) is 0 Å². The van der Waals surface area contributed by atoms with Crippen LogP contribution < -0.4 is 15.6 Å². The Bertz CT molecular complexity index is 977. The standard InChI is InChI=1S/C22H22N2O3/c1-15-10-11-19(12-16(15)2)27-14-22(26)24-23-21(25)13-18-8-5-7-17-6-3-4-9-20(17)18/h3-12H,13-14H2,1-2H3,(H,23,25)(H,24,26). The summed E-state index contributed by atoms with van der Waals surface area (Å²) in [4.78, 5) is 24.0. The average Bonchev–Trinajstić information content (AvgIpc) is 2.67. The number of nitrogens with one attached hydrogen (secondary N) is 2. The van der Waals surface area contributed by atoms with Gasteiger partial charge in [-0.2, -0.15) is 0 Å². The Balaban J connectivity index is 1.49. The topological polar surface area (TPSA) is 67.4 Å². The normalized spacial score (nSPS) is 10.4. The van der Waals surface area contributed by atoms with Gasteiger partial charge in [0.1, 0.15) is 5.75 Å². The van der Waals surface area contributed by atoms with Gasteiger partial charge in [-0.05, 0) is 53.4 Å². The molecule has 138 valence electrons. The van der Waals surface area contributed by atoms with Crippen LogP contribution >= 0.6 is 0 Å². The fourth-order valence-electron chi connectivity index (χ4n) is 2.79. The highest BCUT2D eigenvalue weighted by Gasteiger charge is 2.09. The van der Waals surface area contributed by atoms with Gasteiger partial charge in [-0.25, -0.2) is 0 Å². The molecule has 5 heteroatoms. The number of carbonyl (C=O) groups is 2. The van der Waals surface area contributed by atoms with Crippen molar-refractivity contribution in [2.75, 3.05) is 6.61 Å². The predicted octanol–water partition coefficient (Wildman–Crippen LogP) is 3.23. The van der Waals surface area contributed by atoms with Crippen LogP contribution in [0.25, 0.3) is 10.8 Å². The molecule has 27 heavy (non-hydrogen) atoms. The number of benzene rings is 3. The minimum absolute atomic E-state index is 0.170. The van der Waals surface area contributed by atoms with Crippen LogP contribution in [0.15, 0.2) is 60.7 Å². The highest BCUT2D eigenvalue weighted by Crippen LogP contribution is 2.19. The Morgan fingerprint density at radius 3 is 2.41 bits per heavy atom. The number of carbonyl (C=O) groups excluding carboxylic acids is 2. The molecule has 2 amide bonds. The number of hydrogen-bond acceptors (Lipinski definition) is 3. The molecular formula is C22H22N2O3. The second-order valence-corrected chi connectivity index (χ2v) is 6.45. The van der Waals surface area contributed by atoms with Crippen LogP contribution in [0.1, 0.15) is 16.7 Å². The van der Waals surface area contributed by atoms with E-state index in [1.54, 1.807) is 0 Å². The van der Waals surface area contributed by atoms with Gasteiger partial charge in [0.2, 0.25) is 5.91 Å². The van der Waals surface area contributed by atoms with Crippen LogP contribution in [-0.2, 0) is 16.0 Å². The molecule has 2 N–H and O–H groups in total. The van der Waals surface area contributed by atoms with E-state index in [-0.39, 0.29) is 18.9 Å². The second kappa shape index (κ2) is 8.36. The smallest absolute Gasteiger partial charge is 0.276 e. The Morgan fingerprint density at radius 1 is 0.852 bits per heavy atom. The minimum Gasteiger partial charge on any atom is -0.484 e.